The van der Waals surface area contributed by atoms with Gasteiger partial charge in [0.25, 0.3) is 0 Å². The quantitative estimate of drug-likeness (QED) is 0.579. The van der Waals surface area contributed by atoms with Gasteiger partial charge >= 0.3 is 11.9 Å². The van der Waals surface area contributed by atoms with Gasteiger partial charge in [-0.05, 0) is 48.5 Å². The van der Waals surface area contributed by atoms with Crippen molar-refractivity contribution >= 4 is 29.7 Å². The lowest BCUT2D eigenvalue weighted by molar-refractivity contribution is 0.0686. The predicted molar refractivity (Wildman–Crippen MR) is 78.6 cm³/mol. The van der Waals surface area contributed by atoms with Gasteiger partial charge in [0.05, 0.1) is 23.2 Å². The average molecular weight is 284 g/mol. The van der Waals surface area contributed by atoms with E-state index in [1.807, 2.05) is 0 Å². The molecule has 0 unspecified atom stereocenters. The Hall–Kier alpha value is -3.15. The number of carboxylic acids is 2. The van der Waals surface area contributed by atoms with Crippen LogP contribution in [0.3, 0.4) is 0 Å². The number of aliphatic imine (C=N–C) groups is 1. The van der Waals surface area contributed by atoms with Crippen LogP contribution in [-0.4, -0.2) is 28.5 Å². The van der Waals surface area contributed by atoms with Crippen molar-refractivity contribution < 1.29 is 19.8 Å². The summed E-state index contributed by atoms with van der Waals surface area (Å²) >= 11 is 0. The van der Waals surface area contributed by atoms with Gasteiger partial charge in [-0.2, -0.15) is 0 Å². The molecule has 0 spiro atoms. The van der Waals surface area contributed by atoms with E-state index < -0.39 is 11.9 Å². The molecule has 21 heavy (non-hydrogen) atoms. The Kier molecular flexibility index (Phi) is 4.30. The molecule has 0 heterocycles. The molecule has 0 aliphatic rings. The lowest BCUT2D eigenvalue weighted by Crippen LogP contribution is -1.98. The smallest absolute Gasteiger partial charge is 0.335 e. The van der Waals surface area contributed by atoms with Gasteiger partial charge in [-0.15, -0.1) is 0 Å². The van der Waals surface area contributed by atoms with Crippen LogP contribution >= 0.6 is 0 Å². The summed E-state index contributed by atoms with van der Waals surface area (Å²) in [6.45, 7) is 0. The van der Waals surface area contributed by atoms with Gasteiger partial charge in [0.15, 0.2) is 0 Å². The van der Waals surface area contributed by atoms with Crippen LogP contribution in [0.4, 0.5) is 11.4 Å². The lowest BCUT2D eigenvalue weighted by Gasteiger charge is -2.01. The predicted octanol–water partition coefficient (Wildman–Crippen LogP) is 2.85. The monoisotopic (exact) mass is 284 g/mol. The number of carbonyl (C=O) groups is 2. The molecule has 0 bridgehead atoms. The number of rotatable bonds is 5. The second-order valence-electron chi connectivity index (χ2n) is 4.14. The van der Waals surface area contributed by atoms with Crippen molar-refractivity contribution in [2.75, 3.05) is 5.32 Å². The van der Waals surface area contributed by atoms with E-state index in [2.05, 4.69) is 10.3 Å². The second-order valence-corrected chi connectivity index (χ2v) is 4.14. The first-order chi connectivity index (χ1) is 10.1. The highest BCUT2D eigenvalue weighted by molar-refractivity contribution is 5.89. The van der Waals surface area contributed by atoms with E-state index in [-0.39, 0.29) is 11.1 Å². The molecule has 2 rings (SSSR count). The van der Waals surface area contributed by atoms with E-state index in [0.717, 1.165) is 0 Å². The minimum Gasteiger partial charge on any atom is -0.478 e. The number of nitrogens with zero attached hydrogens (tertiary/aromatic N) is 1. The van der Waals surface area contributed by atoms with Crippen molar-refractivity contribution in [1.29, 1.82) is 0 Å². The Balaban J connectivity index is 1.98. The van der Waals surface area contributed by atoms with Crippen LogP contribution in [0.2, 0.25) is 0 Å². The van der Waals surface area contributed by atoms with Crippen LogP contribution in [0.15, 0.2) is 53.5 Å². The molecule has 2 aromatic rings. The molecule has 3 N–H and O–H groups in total. The minimum atomic E-state index is -0.984. The van der Waals surface area contributed by atoms with E-state index in [9.17, 15) is 9.59 Å². The van der Waals surface area contributed by atoms with E-state index in [1.54, 1.807) is 24.3 Å². The van der Waals surface area contributed by atoms with E-state index in [4.69, 9.17) is 10.2 Å². The molecule has 106 valence electrons. The molecule has 6 heteroatoms. The highest BCUT2D eigenvalue weighted by atomic mass is 16.4. The maximum atomic E-state index is 10.7. The number of hydrogen-bond acceptors (Lipinski definition) is 3. The largest absolute Gasteiger partial charge is 0.478 e. The molecular formula is C15H12N2O4. The summed E-state index contributed by atoms with van der Waals surface area (Å²) in [6, 6.07) is 12.4. The topological polar surface area (TPSA) is 99.0 Å². The zero-order chi connectivity index (χ0) is 15.2. The number of aromatic carboxylic acids is 2. The summed E-state index contributed by atoms with van der Waals surface area (Å²) in [5.41, 5.74) is 1.72. The van der Waals surface area contributed by atoms with Gasteiger partial charge in [0, 0.05) is 5.69 Å². The van der Waals surface area contributed by atoms with E-state index in [1.165, 1.54) is 30.6 Å². The zero-order valence-corrected chi connectivity index (χ0v) is 10.9. The fourth-order valence-corrected chi connectivity index (χ4v) is 1.58. The van der Waals surface area contributed by atoms with Crippen LogP contribution < -0.4 is 5.32 Å². The van der Waals surface area contributed by atoms with Crippen LogP contribution in [-0.2, 0) is 0 Å². The van der Waals surface area contributed by atoms with Crippen molar-refractivity contribution in [3.8, 4) is 0 Å². The Morgan fingerprint density at radius 2 is 1.33 bits per heavy atom. The summed E-state index contributed by atoms with van der Waals surface area (Å²) in [7, 11) is 0. The Morgan fingerprint density at radius 1 is 0.857 bits per heavy atom. The molecule has 6 nitrogen and oxygen atoms in total. The lowest BCUT2D eigenvalue weighted by atomic mass is 10.2. The van der Waals surface area contributed by atoms with Gasteiger partial charge in [-0.3, -0.25) is 0 Å². The minimum absolute atomic E-state index is 0.200. The van der Waals surface area contributed by atoms with Crippen molar-refractivity contribution in [1.82, 2.24) is 0 Å². The van der Waals surface area contributed by atoms with Crippen LogP contribution in [0.5, 0.6) is 0 Å². The normalized spacial score (nSPS) is 10.5. The summed E-state index contributed by atoms with van der Waals surface area (Å²) in [4.78, 5) is 25.5. The molecule has 0 radical (unpaired) electrons. The van der Waals surface area contributed by atoms with E-state index >= 15 is 0 Å². The molecular weight excluding hydrogens is 272 g/mol. The van der Waals surface area contributed by atoms with Gasteiger partial charge in [-0.1, -0.05) is 0 Å². The molecule has 0 aliphatic heterocycles. The summed E-state index contributed by atoms with van der Waals surface area (Å²) in [5, 5.41) is 20.4. The molecule has 0 amide bonds. The van der Waals surface area contributed by atoms with Crippen LogP contribution in [0, 0.1) is 0 Å². The van der Waals surface area contributed by atoms with Gasteiger partial charge < -0.3 is 15.5 Å². The van der Waals surface area contributed by atoms with Crippen LogP contribution in [0.25, 0.3) is 0 Å². The fourth-order valence-electron chi connectivity index (χ4n) is 1.58. The Labute approximate surface area is 120 Å². The van der Waals surface area contributed by atoms with Gasteiger partial charge in [-0.25, -0.2) is 14.6 Å². The first kappa shape index (κ1) is 14.3. The maximum Gasteiger partial charge on any atom is 0.335 e. The summed E-state index contributed by atoms with van der Waals surface area (Å²) in [6.07, 6.45) is 1.45. The highest BCUT2D eigenvalue weighted by Crippen LogP contribution is 2.13. The standard InChI is InChI=1S/C15H12N2O4/c18-14(19)10-1-5-12(6-2-10)16-9-17-13-7-3-11(4-8-13)15(20)21/h1-9H,(H,16,17)(H,18,19)(H,20,21). The zero-order valence-electron chi connectivity index (χ0n) is 10.9. The van der Waals surface area contributed by atoms with E-state index in [0.29, 0.717) is 11.4 Å². The number of carboxylic acid groups (broad SMARTS) is 2. The van der Waals surface area contributed by atoms with Crippen molar-refractivity contribution in [2.45, 2.75) is 0 Å². The number of benzene rings is 2. The third kappa shape index (κ3) is 3.90. The highest BCUT2D eigenvalue weighted by Gasteiger charge is 2.01. The maximum absolute atomic E-state index is 10.7. The fraction of sp³-hybridized carbons (Fsp3) is 0. The van der Waals surface area contributed by atoms with Gasteiger partial charge in [0.2, 0.25) is 0 Å². The Bertz CT molecular complexity index is 676. The number of nitrogens with one attached hydrogen (secondary N) is 1. The van der Waals surface area contributed by atoms with Gasteiger partial charge in [0.1, 0.15) is 0 Å². The third-order valence-corrected chi connectivity index (χ3v) is 2.69. The van der Waals surface area contributed by atoms with Crippen molar-refractivity contribution in [3.05, 3.63) is 59.7 Å². The van der Waals surface area contributed by atoms with Crippen LogP contribution in [0.1, 0.15) is 20.7 Å². The SMILES string of the molecule is O=C(O)c1ccc(N=CNc2ccc(C(=O)O)cc2)cc1. The first-order valence-electron chi connectivity index (χ1n) is 6.02. The molecule has 0 atom stereocenters. The summed E-state index contributed by atoms with van der Waals surface area (Å²) < 4.78 is 0. The molecule has 2 aromatic carbocycles. The molecule has 0 fully saturated rings. The third-order valence-electron chi connectivity index (χ3n) is 2.69. The first-order valence-corrected chi connectivity index (χ1v) is 6.02. The second kappa shape index (κ2) is 6.33. The molecule has 0 aromatic heterocycles. The number of hydrogen-bond donors (Lipinski definition) is 3. The molecule has 0 aliphatic carbocycles. The summed E-state index contributed by atoms with van der Waals surface area (Å²) in [5.74, 6) is -1.96. The number of anilines is 1. The van der Waals surface area contributed by atoms with Crippen molar-refractivity contribution in [2.24, 2.45) is 4.99 Å². The average Bonchev–Trinajstić information content (AvgIpc) is 2.48. The van der Waals surface area contributed by atoms with Crippen molar-refractivity contribution in [3.63, 3.8) is 0 Å². The molecule has 0 saturated heterocycles. The Morgan fingerprint density at radius 3 is 1.81 bits per heavy atom. The molecule has 0 saturated carbocycles.